The summed E-state index contributed by atoms with van der Waals surface area (Å²) in [6.45, 7) is 5.10. The Morgan fingerprint density at radius 3 is 2.55 bits per heavy atom. The number of nitrogens with zero attached hydrogens (tertiary/aromatic N) is 2. The van der Waals surface area contributed by atoms with E-state index >= 15 is 0 Å². The number of rotatable bonds is 5. The molecule has 20 heavy (non-hydrogen) atoms. The summed E-state index contributed by atoms with van der Waals surface area (Å²) in [6.07, 6.45) is -2.48. The van der Waals surface area contributed by atoms with Crippen LogP contribution in [-0.4, -0.2) is 22.1 Å². The Bertz CT molecular complexity index is 596. The third-order valence-corrected chi connectivity index (χ3v) is 3.01. The zero-order chi connectivity index (χ0) is 14.9. The summed E-state index contributed by atoms with van der Waals surface area (Å²) in [5.41, 5.74) is 1.19. The molecular weight excluding hydrogens is 286 g/mol. The maximum Gasteiger partial charge on any atom is 0.256 e. The molecule has 0 aliphatic heterocycles. The molecule has 0 aliphatic carbocycles. The van der Waals surface area contributed by atoms with E-state index in [9.17, 15) is 8.78 Å². The number of hydrogen-bond acceptors (Lipinski definition) is 2. The van der Waals surface area contributed by atoms with Crippen molar-refractivity contribution in [3.63, 3.8) is 0 Å². The van der Waals surface area contributed by atoms with E-state index in [-0.39, 0.29) is 6.10 Å². The lowest BCUT2D eigenvalue weighted by atomic mass is 10.3. The number of halogens is 3. The summed E-state index contributed by atoms with van der Waals surface area (Å²) in [7, 11) is 0. The highest BCUT2D eigenvalue weighted by Crippen LogP contribution is 2.31. The first-order valence-corrected chi connectivity index (χ1v) is 6.91. The lowest BCUT2D eigenvalue weighted by Gasteiger charge is -2.11. The minimum atomic E-state index is -2.46. The second-order valence-corrected chi connectivity index (χ2v) is 5.53. The smallest absolute Gasteiger partial charge is 0.256 e. The highest BCUT2D eigenvalue weighted by Gasteiger charge is 2.20. The van der Waals surface area contributed by atoms with Crippen LogP contribution in [0.15, 0.2) is 18.2 Å². The molecule has 1 unspecified atom stereocenters. The van der Waals surface area contributed by atoms with E-state index in [2.05, 4.69) is 4.98 Å². The summed E-state index contributed by atoms with van der Waals surface area (Å²) in [4.78, 5) is 4.39. The molecule has 0 saturated heterocycles. The molecule has 6 heteroatoms. The maximum atomic E-state index is 12.8. The number of imidazole rings is 1. The van der Waals surface area contributed by atoms with Gasteiger partial charge in [-0.1, -0.05) is 6.07 Å². The van der Waals surface area contributed by atoms with Crippen molar-refractivity contribution in [1.82, 2.24) is 9.55 Å². The molecule has 0 aliphatic rings. The molecule has 0 amide bonds. The average molecular weight is 303 g/mol. The fourth-order valence-electron chi connectivity index (χ4n) is 2.12. The standard InChI is InChI=1S/C14H17ClF2N2O/c1-8(2)20-11-6-4-5-10-13(11)18-14(9(3)15)19(10)7-12(16)17/h4-6,8-9,12H,7H2,1-3H3. The third-order valence-electron chi connectivity index (χ3n) is 2.81. The van der Waals surface area contributed by atoms with Gasteiger partial charge >= 0.3 is 0 Å². The molecule has 0 fully saturated rings. The van der Waals surface area contributed by atoms with E-state index in [1.165, 1.54) is 4.57 Å². The van der Waals surface area contributed by atoms with Gasteiger partial charge in [0.2, 0.25) is 0 Å². The quantitative estimate of drug-likeness (QED) is 0.766. The molecule has 2 rings (SSSR count). The summed E-state index contributed by atoms with van der Waals surface area (Å²) < 4.78 is 32.7. The van der Waals surface area contributed by atoms with Crippen molar-refractivity contribution < 1.29 is 13.5 Å². The number of alkyl halides is 3. The van der Waals surface area contributed by atoms with Crippen LogP contribution in [0, 0.1) is 0 Å². The molecule has 1 aromatic heterocycles. The van der Waals surface area contributed by atoms with Crippen molar-refractivity contribution in [2.75, 3.05) is 0 Å². The summed E-state index contributed by atoms with van der Waals surface area (Å²) in [6, 6.07) is 5.30. The van der Waals surface area contributed by atoms with Gasteiger partial charge in [0.05, 0.1) is 23.5 Å². The molecule has 0 radical (unpaired) electrons. The first-order chi connectivity index (χ1) is 9.40. The van der Waals surface area contributed by atoms with Crippen molar-refractivity contribution in [2.45, 2.75) is 45.2 Å². The molecule has 0 N–H and O–H groups in total. The second kappa shape index (κ2) is 5.95. The zero-order valence-electron chi connectivity index (χ0n) is 11.6. The number of ether oxygens (including phenoxy) is 1. The molecule has 1 atom stereocenters. The van der Waals surface area contributed by atoms with Gasteiger partial charge in [0.25, 0.3) is 6.43 Å². The Morgan fingerprint density at radius 1 is 1.30 bits per heavy atom. The Morgan fingerprint density at radius 2 is 2.00 bits per heavy atom. The van der Waals surface area contributed by atoms with Gasteiger partial charge < -0.3 is 9.30 Å². The van der Waals surface area contributed by atoms with Gasteiger partial charge in [0, 0.05) is 0 Å². The summed E-state index contributed by atoms with van der Waals surface area (Å²) in [5.74, 6) is 1.02. The van der Waals surface area contributed by atoms with Crippen LogP contribution in [0.25, 0.3) is 11.0 Å². The van der Waals surface area contributed by atoms with Crippen LogP contribution in [0.3, 0.4) is 0 Å². The van der Waals surface area contributed by atoms with E-state index in [0.29, 0.717) is 22.6 Å². The molecule has 0 spiro atoms. The van der Waals surface area contributed by atoms with Crippen molar-refractivity contribution in [2.24, 2.45) is 0 Å². The maximum absolute atomic E-state index is 12.8. The fourth-order valence-corrected chi connectivity index (χ4v) is 2.29. The van der Waals surface area contributed by atoms with Crippen LogP contribution in [0.5, 0.6) is 5.75 Å². The molecule has 0 saturated carbocycles. The van der Waals surface area contributed by atoms with Gasteiger partial charge in [-0.2, -0.15) is 0 Å². The van der Waals surface area contributed by atoms with Crippen LogP contribution in [0.4, 0.5) is 8.78 Å². The minimum Gasteiger partial charge on any atom is -0.489 e. The molecular formula is C14H17ClF2N2O. The van der Waals surface area contributed by atoms with Gasteiger partial charge in [0.15, 0.2) is 0 Å². The highest BCUT2D eigenvalue weighted by atomic mass is 35.5. The van der Waals surface area contributed by atoms with Gasteiger partial charge in [-0.25, -0.2) is 13.8 Å². The lowest BCUT2D eigenvalue weighted by molar-refractivity contribution is 0.127. The minimum absolute atomic E-state index is 0.0160. The van der Waals surface area contributed by atoms with E-state index in [1.807, 2.05) is 13.8 Å². The number of fused-ring (bicyclic) bond motifs is 1. The first-order valence-electron chi connectivity index (χ1n) is 6.48. The van der Waals surface area contributed by atoms with E-state index in [0.717, 1.165) is 0 Å². The number of hydrogen-bond donors (Lipinski definition) is 0. The first kappa shape index (κ1) is 15.0. The predicted molar refractivity (Wildman–Crippen MR) is 75.8 cm³/mol. The van der Waals surface area contributed by atoms with Gasteiger partial charge in [-0.05, 0) is 32.9 Å². The van der Waals surface area contributed by atoms with Crippen LogP contribution in [0.2, 0.25) is 0 Å². The number of para-hydroxylation sites is 1. The van der Waals surface area contributed by atoms with Gasteiger partial charge in [0.1, 0.15) is 17.1 Å². The lowest BCUT2D eigenvalue weighted by Crippen LogP contribution is -2.10. The van der Waals surface area contributed by atoms with E-state index in [1.54, 1.807) is 25.1 Å². The van der Waals surface area contributed by atoms with Crippen molar-refractivity contribution in [3.8, 4) is 5.75 Å². The summed E-state index contributed by atoms with van der Waals surface area (Å²) >= 11 is 6.05. The normalized spacial score (nSPS) is 13.4. The SMILES string of the molecule is CC(C)Oc1cccc2c1nc(C(C)Cl)n2CC(F)F. The van der Waals surface area contributed by atoms with E-state index in [4.69, 9.17) is 16.3 Å². The molecule has 1 aromatic carbocycles. The largest absolute Gasteiger partial charge is 0.489 e. The Labute approximate surface area is 121 Å². The monoisotopic (exact) mass is 302 g/mol. The highest BCUT2D eigenvalue weighted by molar-refractivity contribution is 6.20. The molecule has 110 valence electrons. The van der Waals surface area contributed by atoms with Crippen LogP contribution in [0.1, 0.15) is 32.0 Å². The Kier molecular flexibility index (Phi) is 4.48. The average Bonchev–Trinajstić information content (AvgIpc) is 2.68. The van der Waals surface area contributed by atoms with Crippen LogP contribution >= 0.6 is 11.6 Å². The molecule has 2 aromatic rings. The molecule has 0 bridgehead atoms. The zero-order valence-corrected chi connectivity index (χ0v) is 12.4. The van der Waals surface area contributed by atoms with E-state index < -0.39 is 18.3 Å². The molecule has 3 nitrogen and oxygen atoms in total. The predicted octanol–water partition coefficient (Wildman–Crippen LogP) is 4.39. The van der Waals surface area contributed by atoms with Crippen LogP contribution < -0.4 is 4.74 Å². The number of aromatic nitrogens is 2. The number of benzene rings is 1. The third kappa shape index (κ3) is 3.03. The van der Waals surface area contributed by atoms with Crippen molar-refractivity contribution in [1.29, 1.82) is 0 Å². The van der Waals surface area contributed by atoms with Gasteiger partial charge in [-0.3, -0.25) is 0 Å². The fraction of sp³-hybridized carbons (Fsp3) is 0.500. The van der Waals surface area contributed by atoms with Crippen LogP contribution in [-0.2, 0) is 6.54 Å². The molecule has 1 heterocycles. The topological polar surface area (TPSA) is 27.1 Å². The summed E-state index contributed by atoms with van der Waals surface area (Å²) in [5, 5.41) is -0.451. The van der Waals surface area contributed by atoms with Gasteiger partial charge in [-0.15, -0.1) is 11.6 Å². The Hall–Kier alpha value is -1.36. The second-order valence-electron chi connectivity index (χ2n) is 4.88. The Balaban J connectivity index is 2.60. The van der Waals surface area contributed by atoms with Crippen molar-refractivity contribution in [3.05, 3.63) is 24.0 Å². The van der Waals surface area contributed by atoms with Crippen molar-refractivity contribution >= 4 is 22.6 Å².